The smallest absolute Gasteiger partial charge is 0.161 e. The number of rotatable bonds is 13. The van der Waals surface area contributed by atoms with Crippen LogP contribution in [0, 0.1) is 0 Å². The van der Waals surface area contributed by atoms with E-state index in [2.05, 4.69) is 49.0 Å². The Morgan fingerprint density at radius 3 is 2.43 bits per heavy atom. The molecule has 0 bridgehead atoms. The molecule has 1 aromatic rings. The first kappa shape index (κ1) is 24.9. The van der Waals surface area contributed by atoms with Gasteiger partial charge in [-0.3, -0.25) is 0 Å². The van der Waals surface area contributed by atoms with Crippen LogP contribution in [0.3, 0.4) is 0 Å². The number of methoxy groups -OCH3 is 1. The SMILES string of the molecule is COc1cc(CN(C)CCCN(C)C)ccc1OC[C@@H](O)CN(C)C1CCCCC1. The van der Waals surface area contributed by atoms with Crippen LogP contribution in [0.2, 0.25) is 0 Å². The summed E-state index contributed by atoms with van der Waals surface area (Å²) in [6.07, 6.45) is 7.06. The van der Waals surface area contributed by atoms with E-state index in [9.17, 15) is 5.11 Å². The summed E-state index contributed by atoms with van der Waals surface area (Å²) >= 11 is 0. The summed E-state index contributed by atoms with van der Waals surface area (Å²) < 4.78 is 11.5. The van der Waals surface area contributed by atoms with E-state index in [0.29, 0.717) is 18.3 Å². The molecule has 1 atom stereocenters. The molecular formula is C24H43N3O3. The number of benzene rings is 1. The normalized spacial score (nSPS) is 16.4. The first-order chi connectivity index (χ1) is 14.4. The van der Waals surface area contributed by atoms with Gasteiger partial charge in [0.15, 0.2) is 11.5 Å². The lowest BCUT2D eigenvalue weighted by molar-refractivity contribution is 0.0553. The van der Waals surface area contributed by atoms with E-state index >= 15 is 0 Å². The molecule has 1 aromatic carbocycles. The zero-order chi connectivity index (χ0) is 21.9. The lowest BCUT2D eigenvalue weighted by Gasteiger charge is -2.32. The van der Waals surface area contributed by atoms with E-state index in [-0.39, 0.29) is 6.61 Å². The fourth-order valence-electron chi connectivity index (χ4n) is 4.22. The zero-order valence-corrected chi connectivity index (χ0v) is 19.8. The largest absolute Gasteiger partial charge is 0.493 e. The Morgan fingerprint density at radius 2 is 1.77 bits per heavy atom. The molecule has 0 radical (unpaired) electrons. The highest BCUT2D eigenvalue weighted by Gasteiger charge is 2.20. The van der Waals surface area contributed by atoms with Crippen molar-refractivity contribution >= 4 is 0 Å². The maximum absolute atomic E-state index is 10.5. The third kappa shape index (κ3) is 8.80. The molecule has 0 aromatic heterocycles. The molecule has 0 saturated heterocycles. The Morgan fingerprint density at radius 1 is 1.03 bits per heavy atom. The van der Waals surface area contributed by atoms with Crippen LogP contribution in [0.4, 0.5) is 0 Å². The molecule has 1 saturated carbocycles. The molecule has 6 heteroatoms. The lowest BCUT2D eigenvalue weighted by atomic mass is 9.94. The summed E-state index contributed by atoms with van der Waals surface area (Å²) in [7, 11) is 10.1. The molecule has 0 spiro atoms. The molecule has 0 aliphatic heterocycles. The molecule has 30 heavy (non-hydrogen) atoms. The second-order valence-corrected chi connectivity index (χ2v) is 9.08. The van der Waals surface area contributed by atoms with Crippen LogP contribution in [-0.2, 0) is 6.54 Å². The molecule has 1 aliphatic carbocycles. The minimum Gasteiger partial charge on any atom is -0.493 e. The summed E-state index contributed by atoms with van der Waals surface area (Å²) in [5.74, 6) is 1.41. The minimum absolute atomic E-state index is 0.275. The Bertz CT molecular complexity index is 605. The molecule has 1 N–H and O–H groups in total. The van der Waals surface area contributed by atoms with E-state index in [1.807, 2.05) is 12.1 Å². The molecular weight excluding hydrogens is 378 g/mol. The second kappa shape index (κ2) is 13.2. The molecule has 2 rings (SSSR count). The summed E-state index contributed by atoms with van der Waals surface area (Å²) in [6.45, 7) is 3.94. The molecule has 0 heterocycles. The number of likely N-dealkylation sites (N-methyl/N-ethyl adjacent to an activating group) is 1. The fourth-order valence-corrected chi connectivity index (χ4v) is 4.22. The van der Waals surface area contributed by atoms with Crippen LogP contribution in [0.1, 0.15) is 44.1 Å². The van der Waals surface area contributed by atoms with Gasteiger partial charge in [-0.2, -0.15) is 0 Å². The predicted molar refractivity (Wildman–Crippen MR) is 124 cm³/mol. The molecule has 1 aliphatic rings. The monoisotopic (exact) mass is 421 g/mol. The van der Waals surface area contributed by atoms with Crippen LogP contribution in [0.25, 0.3) is 0 Å². The highest BCUT2D eigenvalue weighted by atomic mass is 16.5. The van der Waals surface area contributed by atoms with Gasteiger partial charge in [0.25, 0.3) is 0 Å². The van der Waals surface area contributed by atoms with Crippen molar-refractivity contribution in [2.45, 2.75) is 57.2 Å². The number of aliphatic hydroxyl groups excluding tert-OH is 1. The van der Waals surface area contributed by atoms with Crippen LogP contribution in [0.5, 0.6) is 11.5 Å². The summed E-state index contributed by atoms with van der Waals surface area (Å²) in [5.41, 5.74) is 1.20. The zero-order valence-electron chi connectivity index (χ0n) is 19.8. The number of aliphatic hydroxyl groups is 1. The van der Waals surface area contributed by atoms with Crippen molar-refractivity contribution in [3.8, 4) is 11.5 Å². The maximum atomic E-state index is 10.5. The summed E-state index contributed by atoms with van der Waals surface area (Å²) in [5, 5.41) is 10.5. The van der Waals surface area contributed by atoms with Crippen LogP contribution in [-0.4, -0.2) is 93.5 Å². The topological polar surface area (TPSA) is 48.4 Å². The van der Waals surface area contributed by atoms with Crippen molar-refractivity contribution in [3.63, 3.8) is 0 Å². The van der Waals surface area contributed by atoms with Gasteiger partial charge in [-0.15, -0.1) is 0 Å². The van der Waals surface area contributed by atoms with Crippen molar-refractivity contribution < 1.29 is 14.6 Å². The third-order valence-electron chi connectivity index (χ3n) is 5.95. The van der Waals surface area contributed by atoms with Gasteiger partial charge in [-0.1, -0.05) is 25.3 Å². The number of nitrogens with zero attached hydrogens (tertiary/aromatic N) is 3. The summed E-state index contributed by atoms with van der Waals surface area (Å²) in [4.78, 5) is 6.83. The van der Waals surface area contributed by atoms with Crippen molar-refractivity contribution in [2.75, 3.05) is 61.5 Å². The summed E-state index contributed by atoms with van der Waals surface area (Å²) in [6, 6.07) is 6.68. The number of ether oxygens (including phenoxy) is 2. The minimum atomic E-state index is -0.510. The number of hydrogen-bond donors (Lipinski definition) is 1. The molecule has 1 fully saturated rings. The van der Waals surface area contributed by atoms with Gasteiger partial charge >= 0.3 is 0 Å². The molecule has 6 nitrogen and oxygen atoms in total. The van der Waals surface area contributed by atoms with Crippen molar-refractivity contribution in [2.24, 2.45) is 0 Å². The van der Waals surface area contributed by atoms with Crippen LogP contribution >= 0.6 is 0 Å². The van der Waals surface area contributed by atoms with Crippen molar-refractivity contribution in [1.82, 2.24) is 14.7 Å². The van der Waals surface area contributed by atoms with E-state index < -0.39 is 6.10 Å². The van der Waals surface area contributed by atoms with Crippen LogP contribution < -0.4 is 9.47 Å². The van der Waals surface area contributed by atoms with Gasteiger partial charge in [0, 0.05) is 19.1 Å². The molecule has 0 unspecified atom stereocenters. The standard InChI is InChI=1S/C24H43N3O3/c1-25(2)14-9-15-26(3)17-20-12-13-23(24(16-20)29-5)30-19-22(28)18-27(4)21-10-7-6-8-11-21/h12-13,16,21-22,28H,6-11,14-15,17-19H2,1-5H3/t22-/m0/s1. The van der Waals surface area contributed by atoms with Gasteiger partial charge in [0.05, 0.1) is 7.11 Å². The first-order valence-corrected chi connectivity index (χ1v) is 11.4. The van der Waals surface area contributed by atoms with Crippen molar-refractivity contribution in [1.29, 1.82) is 0 Å². The van der Waals surface area contributed by atoms with Gasteiger partial charge < -0.3 is 29.3 Å². The second-order valence-electron chi connectivity index (χ2n) is 9.08. The average molecular weight is 422 g/mol. The quantitative estimate of drug-likeness (QED) is 0.528. The highest BCUT2D eigenvalue weighted by Crippen LogP contribution is 2.29. The Kier molecular flexibility index (Phi) is 10.9. The highest BCUT2D eigenvalue weighted by molar-refractivity contribution is 5.43. The fraction of sp³-hybridized carbons (Fsp3) is 0.750. The van der Waals surface area contributed by atoms with Gasteiger partial charge in [0.1, 0.15) is 12.7 Å². The Hall–Kier alpha value is -1.34. The third-order valence-corrected chi connectivity index (χ3v) is 5.95. The van der Waals surface area contributed by atoms with Gasteiger partial charge in [-0.05, 0) is 78.2 Å². The first-order valence-electron chi connectivity index (χ1n) is 11.4. The molecule has 0 amide bonds. The van der Waals surface area contributed by atoms with Gasteiger partial charge in [0.2, 0.25) is 0 Å². The van der Waals surface area contributed by atoms with E-state index in [4.69, 9.17) is 9.47 Å². The Labute approximate surface area is 183 Å². The van der Waals surface area contributed by atoms with E-state index in [1.54, 1.807) is 7.11 Å². The predicted octanol–water partition coefficient (Wildman–Crippen LogP) is 3.08. The number of hydrogen-bond acceptors (Lipinski definition) is 6. The average Bonchev–Trinajstić information content (AvgIpc) is 2.73. The Balaban J connectivity index is 1.81. The van der Waals surface area contributed by atoms with Crippen LogP contribution in [0.15, 0.2) is 18.2 Å². The van der Waals surface area contributed by atoms with E-state index in [0.717, 1.165) is 31.8 Å². The van der Waals surface area contributed by atoms with Gasteiger partial charge in [-0.25, -0.2) is 0 Å². The lowest BCUT2D eigenvalue weighted by Crippen LogP contribution is -2.40. The maximum Gasteiger partial charge on any atom is 0.161 e. The van der Waals surface area contributed by atoms with E-state index in [1.165, 1.54) is 37.7 Å². The molecule has 172 valence electrons. The van der Waals surface area contributed by atoms with Crippen molar-refractivity contribution in [3.05, 3.63) is 23.8 Å².